The lowest BCUT2D eigenvalue weighted by atomic mass is 9.69. The SMILES string of the molecule is CC(C)(CB1OC(C)(C)C(C)(C)O1)C(=O)Nc1ccc(C(F)(F)F)cc1. The van der Waals surface area contributed by atoms with Gasteiger partial charge >= 0.3 is 13.3 Å². The van der Waals surface area contributed by atoms with Gasteiger partial charge in [0.2, 0.25) is 5.91 Å². The Labute approximate surface area is 152 Å². The first-order chi connectivity index (χ1) is 11.6. The first-order valence-corrected chi connectivity index (χ1v) is 8.48. The normalized spacial score (nSPS) is 19.5. The molecule has 1 fully saturated rings. The Morgan fingerprint density at radius 1 is 1.04 bits per heavy atom. The minimum Gasteiger partial charge on any atom is -0.403 e. The molecule has 0 unspecified atom stereocenters. The maximum Gasteiger partial charge on any atom is 0.458 e. The van der Waals surface area contributed by atoms with Crippen molar-refractivity contribution >= 4 is 18.7 Å². The largest absolute Gasteiger partial charge is 0.458 e. The van der Waals surface area contributed by atoms with E-state index in [0.29, 0.717) is 12.0 Å². The first kappa shape index (κ1) is 20.8. The quantitative estimate of drug-likeness (QED) is 0.777. The van der Waals surface area contributed by atoms with Gasteiger partial charge in [-0.1, -0.05) is 13.8 Å². The van der Waals surface area contributed by atoms with Gasteiger partial charge in [0.25, 0.3) is 0 Å². The van der Waals surface area contributed by atoms with E-state index in [1.807, 2.05) is 27.7 Å². The highest BCUT2D eigenvalue weighted by Gasteiger charge is 2.52. The van der Waals surface area contributed by atoms with Crippen LogP contribution in [0.2, 0.25) is 6.32 Å². The molecule has 0 saturated carbocycles. The van der Waals surface area contributed by atoms with Crippen LogP contribution in [-0.2, 0) is 20.3 Å². The Hall–Kier alpha value is -1.54. The van der Waals surface area contributed by atoms with E-state index in [4.69, 9.17) is 9.31 Å². The van der Waals surface area contributed by atoms with Gasteiger partial charge in [-0.25, -0.2) is 0 Å². The summed E-state index contributed by atoms with van der Waals surface area (Å²) in [7, 11) is -0.534. The highest BCUT2D eigenvalue weighted by Crippen LogP contribution is 2.40. The number of nitrogens with one attached hydrogen (secondary N) is 1. The first-order valence-electron chi connectivity index (χ1n) is 8.48. The molecule has 1 aliphatic rings. The fraction of sp³-hybridized carbons (Fsp3) is 0.611. The number of benzene rings is 1. The smallest absolute Gasteiger partial charge is 0.403 e. The summed E-state index contributed by atoms with van der Waals surface area (Å²) < 4.78 is 49.7. The second-order valence-corrected chi connectivity index (χ2v) is 8.30. The fourth-order valence-corrected chi connectivity index (χ4v) is 2.60. The summed E-state index contributed by atoms with van der Waals surface area (Å²) in [6.45, 7) is 11.2. The molecule has 0 spiro atoms. The van der Waals surface area contributed by atoms with E-state index in [1.165, 1.54) is 12.1 Å². The number of hydrogen-bond acceptors (Lipinski definition) is 3. The molecule has 2 rings (SSSR count). The van der Waals surface area contributed by atoms with Gasteiger partial charge in [-0.05, 0) is 58.3 Å². The molecule has 1 amide bonds. The second kappa shape index (κ2) is 6.57. The van der Waals surface area contributed by atoms with Gasteiger partial charge in [0, 0.05) is 11.1 Å². The minimum atomic E-state index is -4.40. The lowest BCUT2D eigenvalue weighted by molar-refractivity contribution is -0.137. The summed E-state index contributed by atoms with van der Waals surface area (Å²) in [5.74, 6) is -0.313. The van der Waals surface area contributed by atoms with E-state index < -0.39 is 35.5 Å². The van der Waals surface area contributed by atoms with Crippen molar-refractivity contribution in [1.82, 2.24) is 0 Å². The molecule has 0 bridgehead atoms. The maximum absolute atomic E-state index is 12.6. The van der Waals surface area contributed by atoms with Crippen molar-refractivity contribution in [3.8, 4) is 0 Å². The van der Waals surface area contributed by atoms with E-state index in [2.05, 4.69) is 5.32 Å². The van der Waals surface area contributed by atoms with Crippen molar-refractivity contribution in [2.45, 2.75) is 65.2 Å². The van der Waals surface area contributed by atoms with Crippen LogP contribution in [0.5, 0.6) is 0 Å². The zero-order chi connectivity index (χ0) is 20.0. The molecule has 0 aromatic heterocycles. The van der Waals surface area contributed by atoms with Crippen LogP contribution >= 0.6 is 0 Å². The Balaban J connectivity index is 2.02. The van der Waals surface area contributed by atoms with Crippen LogP contribution < -0.4 is 5.32 Å². The van der Waals surface area contributed by atoms with Crippen LogP contribution in [0.1, 0.15) is 47.1 Å². The third-order valence-corrected chi connectivity index (χ3v) is 5.06. The molecule has 0 aliphatic carbocycles. The number of amides is 1. The zero-order valence-electron chi connectivity index (χ0n) is 16.0. The van der Waals surface area contributed by atoms with E-state index in [-0.39, 0.29) is 5.91 Å². The number of halogens is 3. The molecular formula is C18H25BF3NO3. The lowest BCUT2D eigenvalue weighted by Gasteiger charge is -2.32. The molecule has 1 aromatic rings. The van der Waals surface area contributed by atoms with E-state index in [1.54, 1.807) is 13.8 Å². The van der Waals surface area contributed by atoms with Crippen LogP contribution in [0.15, 0.2) is 24.3 Å². The zero-order valence-corrected chi connectivity index (χ0v) is 16.0. The number of anilines is 1. The van der Waals surface area contributed by atoms with Crippen LogP contribution in [-0.4, -0.2) is 24.2 Å². The molecule has 1 N–H and O–H groups in total. The molecule has 1 aromatic carbocycles. The molecule has 8 heteroatoms. The summed E-state index contributed by atoms with van der Waals surface area (Å²) in [6.07, 6.45) is -4.08. The Morgan fingerprint density at radius 2 is 1.50 bits per heavy atom. The third-order valence-electron chi connectivity index (χ3n) is 5.06. The Morgan fingerprint density at radius 3 is 1.92 bits per heavy atom. The number of alkyl halides is 3. The van der Waals surface area contributed by atoms with Gasteiger partial charge in [0.1, 0.15) is 0 Å². The van der Waals surface area contributed by atoms with Gasteiger partial charge in [0.15, 0.2) is 0 Å². The Kier molecular flexibility index (Phi) is 5.25. The predicted octanol–water partition coefficient (Wildman–Crippen LogP) is 4.76. The summed E-state index contributed by atoms with van der Waals surface area (Å²) in [6, 6.07) is 4.37. The van der Waals surface area contributed by atoms with Crippen LogP contribution in [0.4, 0.5) is 18.9 Å². The summed E-state index contributed by atoms with van der Waals surface area (Å²) in [4.78, 5) is 12.6. The topological polar surface area (TPSA) is 47.6 Å². The number of carbonyl (C=O) groups excluding carboxylic acids is 1. The average molecular weight is 371 g/mol. The average Bonchev–Trinajstić information content (AvgIpc) is 2.64. The van der Waals surface area contributed by atoms with Gasteiger partial charge < -0.3 is 14.6 Å². The molecule has 4 nitrogen and oxygen atoms in total. The summed E-state index contributed by atoms with van der Waals surface area (Å²) >= 11 is 0. The van der Waals surface area contributed by atoms with Gasteiger partial charge in [-0.15, -0.1) is 0 Å². The molecular weight excluding hydrogens is 346 g/mol. The fourth-order valence-electron chi connectivity index (χ4n) is 2.60. The van der Waals surface area contributed by atoms with Crippen molar-refractivity contribution in [3.05, 3.63) is 29.8 Å². The van der Waals surface area contributed by atoms with E-state index in [9.17, 15) is 18.0 Å². The molecule has 0 radical (unpaired) electrons. The van der Waals surface area contributed by atoms with Gasteiger partial charge in [-0.3, -0.25) is 4.79 Å². The van der Waals surface area contributed by atoms with E-state index in [0.717, 1.165) is 12.1 Å². The number of hydrogen-bond donors (Lipinski definition) is 1. The predicted molar refractivity (Wildman–Crippen MR) is 94.7 cm³/mol. The molecule has 144 valence electrons. The highest BCUT2D eigenvalue weighted by molar-refractivity contribution is 6.46. The summed E-state index contributed by atoms with van der Waals surface area (Å²) in [5, 5.41) is 2.66. The van der Waals surface area contributed by atoms with E-state index >= 15 is 0 Å². The number of carbonyl (C=O) groups is 1. The molecule has 0 atom stereocenters. The van der Waals surface area contributed by atoms with Crippen molar-refractivity contribution in [3.63, 3.8) is 0 Å². The maximum atomic E-state index is 12.6. The van der Waals surface area contributed by atoms with Gasteiger partial charge in [-0.2, -0.15) is 13.2 Å². The van der Waals surface area contributed by atoms with Gasteiger partial charge in [0.05, 0.1) is 16.8 Å². The molecule has 1 saturated heterocycles. The molecule has 1 heterocycles. The summed E-state index contributed by atoms with van der Waals surface area (Å²) in [5.41, 5.74) is -2.25. The van der Waals surface area contributed by atoms with Crippen molar-refractivity contribution < 1.29 is 27.3 Å². The standard InChI is InChI=1S/C18H25BF3NO3/c1-15(2,11-19-25-16(3,4)17(5,6)26-19)14(24)23-13-9-7-12(8-10-13)18(20,21)22/h7-10H,11H2,1-6H3,(H,23,24). The molecule has 1 aliphatic heterocycles. The van der Waals surface area contributed by atoms with Crippen LogP contribution in [0, 0.1) is 5.41 Å². The van der Waals surface area contributed by atoms with Crippen molar-refractivity contribution in [2.75, 3.05) is 5.32 Å². The Bertz CT molecular complexity index is 653. The van der Waals surface area contributed by atoms with Crippen molar-refractivity contribution in [2.24, 2.45) is 5.41 Å². The minimum absolute atomic E-state index is 0.310. The van der Waals surface area contributed by atoms with Crippen LogP contribution in [0.3, 0.4) is 0 Å². The van der Waals surface area contributed by atoms with Crippen molar-refractivity contribution in [1.29, 1.82) is 0 Å². The third kappa shape index (κ3) is 4.41. The highest BCUT2D eigenvalue weighted by atomic mass is 19.4. The monoisotopic (exact) mass is 371 g/mol. The lowest BCUT2D eigenvalue weighted by Crippen LogP contribution is -2.41. The van der Waals surface area contributed by atoms with Crippen LogP contribution in [0.25, 0.3) is 0 Å². The second-order valence-electron chi connectivity index (χ2n) is 8.30. The number of rotatable bonds is 4. The molecule has 26 heavy (non-hydrogen) atoms.